The topological polar surface area (TPSA) is 29.3 Å². The molecule has 0 amide bonds. The molecular formula is C15H16ClFN2. The summed E-state index contributed by atoms with van der Waals surface area (Å²) in [6, 6.07) is 10.7. The molecule has 0 unspecified atom stereocenters. The van der Waals surface area contributed by atoms with Crippen molar-refractivity contribution in [3.05, 3.63) is 58.4 Å². The number of rotatable bonds is 3. The van der Waals surface area contributed by atoms with Crippen molar-refractivity contribution in [1.82, 2.24) is 0 Å². The van der Waals surface area contributed by atoms with Crippen LogP contribution in [0.15, 0.2) is 36.4 Å². The zero-order chi connectivity index (χ0) is 14.0. The maximum Gasteiger partial charge on any atom is 0.126 e. The van der Waals surface area contributed by atoms with Crippen molar-refractivity contribution in [2.45, 2.75) is 13.5 Å². The van der Waals surface area contributed by atoms with Crippen molar-refractivity contribution in [2.75, 3.05) is 17.7 Å². The van der Waals surface area contributed by atoms with Crippen molar-refractivity contribution in [2.24, 2.45) is 0 Å². The molecule has 100 valence electrons. The fraction of sp³-hybridized carbons (Fsp3) is 0.200. The van der Waals surface area contributed by atoms with Crippen LogP contribution in [0.25, 0.3) is 0 Å². The summed E-state index contributed by atoms with van der Waals surface area (Å²) >= 11 is 6.14. The Morgan fingerprint density at radius 1 is 1.21 bits per heavy atom. The second-order valence-corrected chi connectivity index (χ2v) is 5.05. The zero-order valence-electron chi connectivity index (χ0n) is 11.0. The van der Waals surface area contributed by atoms with Crippen LogP contribution in [0.2, 0.25) is 5.02 Å². The van der Waals surface area contributed by atoms with Crippen molar-refractivity contribution >= 4 is 23.0 Å². The number of nitrogens with two attached hydrogens (primary N) is 1. The molecule has 0 aliphatic heterocycles. The maximum atomic E-state index is 13.6. The number of benzene rings is 2. The van der Waals surface area contributed by atoms with Gasteiger partial charge in [0.1, 0.15) is 5.82 Å². The van der Waals surface area contributed by atoms with E-state index in [0.29, 0.717) is 17.1 Å². The van der Waals surface area contributed by atoms with Crippen molar-refractivity contribution in [3.63, 3.8) is 0 Å². The van der Waals surface area contributed by atoms with Gasteiger partial charge >= 0.3 is 0 Å². The SMILES string of the molecule is Cc1cc(Cl)c(CN(C)c2ccc(N)cc2)cc1F. The van der Waals surface area contributed by atoms with Gasteiger partial charge in [0.05, 0.1) is 0 Å². The Morgan fingerprint density at radius 3 is 2.47 bits per heavy atom. The molecule has 4 heteroatoms. The Kier molecular flexibility index (Phi) is 3.96. The monoisotopic (exact) mass is 278 g/mol. The second-order valence-electron chi connectivity index (χ2n) is 4.64. The van der Waals surface area contributed by atoms with Gasteiger partial charge in [-0.3, -0.25) is 0 Å². The largest absolute Gasteiger partial charge is 0.399 e. The van der Waals surface area contributed by atoms with E-state index >= 15 is 0 Å². The Bertz CT molecular complexity index is 581. The van der Waals surface area contributed by atoms with Crippen LogP contribution in [0.4, 0.5) is 15.8 Å². The van der Waals surface area contributed by atoms with Crippen molar-refractivity contribution < 1.29 is 4.39 Å². The summed E-state index contributed by atoms with van der Waals surface area (Å²) in [6.07, 6.45) is 0. The molecule has 0 aromatic heterocycles. The van der Waals surface area contributed by atoms with E-state index in [4.69, 9.17) is 17.3 Å². The van der Waals surface area contributed by atoms with Gasteiger partial charge in [-0.2, -0.15) is 0 Å². The Labute approximate surface area is 117 Å². The highest BCUT2D eigenvalue weighted by Crippen LogP contribution is 2.24. The number of nitrogens with zero attached hydrogens (tertiary/aromatic N) is 1. The number of anilines is 2. The minimum atomic E-state index is -0.231. The van der Waals surface area contributed by atoms with Gasteiger partial charge in [0, 0.05) is 30.0 Å². The number of aryl methyl sites for hydroxylation is 1. The van der Waals surface area contributed by atoms with E-state index in [-0.39, 0.29) is 5.82 Å². The molecule has 0 saturated carbocycles. The van der Waals surface area contributed by atoms with E-state index in [1.165, 1.54) is 6.07 Å². The third-order valence-electron chi connectivity index (χ3n) is 3.07. The molecule has 2 nitrogen and oxygen atoms in total. The van der Waals surface area contributed by atoms with E-state index in [1.54, 1.807) is 13.0 Å². The molecule has 0 radical (unpaired) electrons. The van der Waals surface area contributed by atoms with Crippen LogP contribution in [0.1, 0.15) is 11.1 Å². The third kappa shape index (κ3) is 3.18. The Balaban J connectivity index is 2.21. The second kappa shape index (κ2) is 5.49. The highest BCUT2D eigenvalue weighted by Gasteiger charge is 2.09. The molecule has 0 heterocycles. The lowest BCUT2D eigenvalue weighted by Crippen LogP contribution is -2.16. The molecule has 0 atom stereocenters. The average Bonchev–Trinajstić information content (AvgIpc) is 2.36. The minimum absolute atomic E-state index is 0.231. The first-order valence-corrected chi connectivity index (χ1v) is 6.36. The number of halogens is 2. The van der Waals surface area contributed by atoms with Crippen LogP contribution in [0.5, 0.6) is 0 Å². The number of hydrogen-bond donors (Lipinski definition) is 1. The molecule has 19 heavy (non-hydrogen) atoms. The van der Waals surface area contributed by atoms with Crippen molar-refractivity contribution in [1.29, 1.82) is 0 Å². The van der Waals surface area contributed by atoms with Crippen LogP contribution in [0, 0.1) is 12.7 Å². The van der Waals surface area contributed by atoms with E-state index in [1.807, 2.05) is 36.2 Å². The maximum absolute atomic E-state index is 13.6. The first kappa shape index (κ1) is 13.7. The Hall–Kier alpha value is -1.74. The fourth-order valence-electron chi connectivity index (χ4n) is 1.88. The van der Waals surface area contributed by atoms with Gasteiger partial charge in [-0.15, -0.1) is 0 Å². The minimum Gasteiger partial charge on any atom is -0.399 e. The third-order valence-corrected chi connectivity index (χ3v) is 3.42. The standard InChI is InChI=1S/C15H16ClFN2/c1-10-7-14(16)11(8-15(10)17)9-19(2)13-5-3-12(18)4-6-13/h3-8H,9,18H2,1-2H3. The summed E-state index contributed by atoms with van der Waals surface area (Å²) in [5.41, 5.74) is 8.70. The van der Waals surface area contributed by atoms with Gasteiger partial charge in [-0.1, -0.05) is 11.6 Å². The summed E-state index contributed by atoms with van der Waals surface area (Å²) < 4.78 is 13.6. The predicted octanol–water partition coefficient (Wildman–Crippen LogP) is 4.01. The molecule has 0 aliphatic carbocycles. The van der Waals surface area contributed by atoms with E-state index < -0.39 is 0 Å². The molecule has 0 bridgehead atoms. The summed E-state index contributed by atoms with van der Waals surface area (Å²) in [6.45, 7) is 2.24. The molecule has 0 spiro atoms. The van der Waals surface area contributed by atoms with Crippen LogP contribution in [-0.4, -0.2) is 7.05 Å². The lowest BCUT2D eigenvalue weighted by atomic mass is 10.1. The first-order valence-electron chi connectivity index (χ1n) is 5.98. The summed E-state index contributed by atoms with van der Waals surface area (Å²) in [5, 5.41) is 0.584. The van der Waals surface area contributed by atoms with Crippen LogP contribution >= 0.6 is 11.6 Å². The molecule has 2 aromatic carbocycles. The molecular weight excluding hydrogens is 263 g/mol. The smallest absolute Gasteiger partial charge is 0.126 e. The van der Waals surface area contributed by atoms with E-state index in [0.717, 1.165) is 16.9 Å². The first-order chi connectivity index (χ1) is 8.97. The number of nitrogen functional groups attached to an aromatic ring is 1. The summed E-state index contributed by atoms with van der Waals surface area (Å²) in [4.78, 5) is 2.00. The fourth-order valence-corrected chi connectivity index (χ4v) is 2.16. The molecule has 2 aromatic rings. The van der Waals surface area contributed by atoms with E-state index in [9.17, 15) is 4.39 Å². The predicted molar refractivity (Wildman–Crippen MR) is 79.1 cm³/mol. The van der Waals surface area contributed by atoms with Gasteiger partial charge in [-0.25, -0.2) is 4.39 Å². The Morgan fingerprint density at radius 2 is 1.84 bits per heavy atom. The molecule has 2 N–H and O–H groups in total. The highest BCUT2D eigenvalue weighted by atomic mass is 35.5. The van der Waals surface area contributed by atoms with Gasteiger partial charge in [0.15, 0.2) is 0 Å². The quantitative estimate of drug-likeness (QED) is 0.860. The van der Waals surface area contributed by atoms with Gasteiger partial charge in [-0.05, 0) is 54.4 Å². The van der Waals surface area contributed by atoms with Gasteiger partial charge in [0.2, 0.25) is 0 Å². The number of hydrogen-bond acceptors (Lipinski definition) is 2. The van der Waals surface area contributed by atoms with Crippen LogP contribution < -0.4 is 10.6 Å². The molecule has 0 saturated heterocycles. The molecule has 0 fully saturated rings. The molecule has 0 aliphatic rings. The average molecular weight is 279 g/mol. The van der Waals surface area contributed by atoms with E-state index in [2.05, 4.69) is 0 Å². The van der Waals surface area contributed by atoms with Crippen LogP contribution in [-0.2, 0) is 6.54 Å². The normalized spacial score (nSPS) is 10.5. The van der Waals surface area contributed by atoms with Gasteiger partial charge < -0.3 is 10.6 Å². The zero-order valence-corrected chi connectivity index (χ0v) is 11.7. The van der Waals surface area contributed by atoms with Crippen molar-refractivity contribution in [3.8, 4) is 0 Å². The summed E-state index contributed by atoms with van der Waals surface area (Å²) in [7, 11) is 1.93. The molecule has 2 rings (SSSR count). The van der Waals surface area contributed by atoms with Gasteiger partial charge in [0.25, 0.3) is 0 Å². The highest BCUT2D eigenvalue weighted by molar-refractivity contribution is 6.31. The summed E-state index contributed by atoms with van der Waals surface area (Å²) in [5.74, 6) is -0.231. The van der Waals surface area contributed by atoms with Crippen LogP contribution in [0.3, 0.4) is 0 Å². The lowest BCUT2D eigenvalue weighted by molar-refractivity contribution is 0.616. The lowest BCUT2D eigenvalue weighted by Gasteiger charge is -2.20.